The fourth-order valence-electron chi connectivity index (χ4n) is 4.03. The molecule has 28 heavy (non-hydrogen) atoms. The molecule has 3 N–H and O–H groups in total. The van der Waals surface area contributed by atoms with Gasteiger partial charge in [-0.15, -0.1) is 0 Å². The molecule has 0 atom stereocenters. The van der Waals surface area contributed by atoms with Gasteiger partial charge in [-0.1, -0.05) is 12.1 Å². The molecule has 2 heterocycles. The molecule has 2 amide bonds. The van der Waals surface area contributed by atoms with E-state index in [1.165, 1.54) is 21.3 Å². The van der Waals surface area contributed by atoms with E-state index in [-0.39, 0.29) is 35.4 Å². The Bertz CT molecular complexity index is 826. The van der Waals surface area contributed by atoms with Gasteiger partial charge >= 0.3 is 0 Å². The Morgan fingerprint density at radius 2 is 1.71 bits per heavy atom. The molecule has 2 fully saturated rings. The molecule has 0 bridgehead atoms. The van der Waals surface area contributed by atoms with Crippen LogP contribution in [0.25, 0.3) is 0 Å². The number of benzene rings is 1. The van der Waals surface area contributed by atoms with E-state index in [0.717, 1.165) is 32.7 Å². The van der Waals surface area contributed by atoms with Crippen molar-refractivity contribution in [1.82, 2.24) is 9.21 Å². The summed E-state index contributed by atoms with van der Waals surface area (Å²) in [6, 6.07) is 5.99. The molecule has 3 rings (SSSR count). The topological polar surface area (TPSA) is 105 Å². The molecule has 1 aromatic rings. The van der Waals surface area contributed by atoms with Crippen LogP contribution in [0.15, 0.2) is 29.2 Å². The van der Waals surface area contributed by atoms with Gasteiger partial charge in [0.05, 0.1) is 43.2 Å². The lowest BCUT2D eigenvalue weighted by molar-refractivity contribution is -0.902. The molecule has 2 saturated heterocycles. The molecule has 0 radical (unpaired) electrons. The van der Waals surface area contributed by atoms with Crippen molar-refractivity contribution in [2.45, 2.75) is 24.7 Å². The number of primary amides is 1. The lowest BCUT2D eigenvalue weighted by atomic mass is 9.96. The average molecular weight is 410 g/mol. The zero-order chi connectivity index (χ0) is 20.3. The highest BCUT2D eigenvalue weighted by atomic mass is 32.2. The monoisotopic (exact) mass is 409 g/mol. The molecular formula is C19H29N4O4S+. The number of nitrogens with one attached hydrogen (secondary N) is 1. The van der Waals surface area contributed by atoms with E-state index in [1.54, 1.807) is 12.1 Å². The number of hydrogen-bond acceptors (Lipinski definition) is 4. The first kappa shape index (κ1) is 20.8. The van der Waals surface area contributed by atoms with Gasteiger partial charge in [-0.05, 0) is 31.9 Å². The molecule has 2 aliphatic heterocycles. The minimum atomic E-state index is -3.82. The highest BCUT2D eigenvalue weighted by Gasteiger charge is 2.36. The maximum absolute atomic E-state index is 13.0. The number of quaternary nitrogens is 1. The van der Waals surface area contributed by atoms with Crippen LogP contribution in [-0.2, 0) is 14.8 Å². The summed E-state index contributed by atoms with van der Waals surface area (Å²) in [5, 5.41) is 0. The number of nitrogens with two attached hydrogens (primary N) is 1. The molecule has 1 aromatic carbocycles. The van der Waals surface area contributed by atoms with Crippen molar-refractivity contribution in [3.63, 3.8) is 0 Å². The van der Waals surface area contributed by atoms with Crippen molar-refractivity contribution in [3.8, 4) is 0 Å². The highest BCUT2D eigenvalue weighted by molar-refractivity contribution is 7.89. The first-order valence-corrected chi connectivity index (χ1v) is 11.3. The summed E-state index contributed by atoms with van der Waals surface area (Å²) in [6.07, 6.45) is 0.995. The van der Waals surface area contributed by atoms with Gasteiger partial charge in [-0.25, -0.2) is 8.42 Å². The second-order valence-electron chi connectivity index (χ2n) is 7.47. The van der Waals surface area contributed by atoms with Gasteiger partial charge in [0, 0.05) is 19.0 Å². The van der Waals surface area contributed by atoms with E-state index < -0.39 is 15.9 Å². The Morgan fingerprint density at radius 3 is 2.29 bits per heavy atom. The Kier molecular flexibility index (Phi) is 6.36. The van der Waals surface area contributed by atoms with Gasteiger partial charge in [-0.2, -0.15) is 4.31 Å². The molecule has 2 aliphatic rings. The third-order valence-corrected chi connectivity index (χ3v) is 7.81. The van der Waals surface area contributed by atoms with Crippen molar-refractivity contribution in [2.24, 2.45) is 11.7 Å². The van der Waals surface area contributed by atoms with Crippen LogP contribution in [0.5, 0.6) is 0 Å². The molecule has 8 nitrogen and oxygen atoms in total. The minimum absolute atomic E-state index is 0.00278. The summed E-state index contributed by atoms with van der Waals surface area (Å²) in [4.78, 5) is 27.8. The normalized spacial score (nSPS) is 20.2. The molecule has 154 valence electrons. The Balaban J connectivity index is 1.64. The smallest absolute Gasteiger partial charge is 0.250 e. The molecule has 0 unspecified atom stereocenters. The summed E-state index contributed by atoms with van der Waals surface area (Å²) >= 11 is 0. The van der Waals surface area contributed by atoms with Crippen molar-refractivity contribution in [1.29, 1.82) is 0 Å². The van der Waals surface area contributed by atoms with E-state index in [2.05, 4.69) is 6.92 Å². The lowest BCUT2D eigenvalue weighted by Crippen LogP contribution is -3.14. The number of piperazine rings is 1. The molecule has 9 heteroatoms. The predicted octanol–water partition coefficient (Wildman–Crippen LogP) is -1.07. The van der Waals surface area contributed by atoms with Crippen LogP contribution >= 0.6 is 0 Å². The predicted molar refractivity (Wildman–Crippen MR) is 104 cm³/mol. The number of rotatable bonds is 5. The summed E-state index contributed by atoms with van der Waals surface area (Å²) < 4.78 is 27.3. The van der Waals surface area contributed by atoms with Crippen molar-refractivity contribution < 1.29 is 22.9 Å². The first-order valence-electron chi connectivity index (χ1n) is 9.86. The van der Waals surface area contributed by atoms with Gasteiger partial charge in [0.25, 0.3) is 0 Å². The zero-order valence-corrected chi connectivity index (χ0v) is 17.1. The number of likely N-dealkylation sites (N-methyl/N-ethyl adjacent to an activating group) is 1. The van der Waals surface area contributed by atoms with Crippen LogP contribution in [0, 0.1) is 5.92 Å². The first-order chi connectivity index (χ1) is 13.3. The van der Waals surface area contributed by atoms with Crippen LogP contribution in [0.4, 0.5) is 0 Å². The van der Waals surface area contributed by atoms with Crippen LogP contribution in [-0.4, -0.2) is 75.3 Å². The number of amides is 2. The van der Waals surface area contributed by atoms with Crippen LogP contribution in [0.2, 0.25) is 0 Å². The van der Waals surface area contributed by atoms with Gasteiger partial charge in [0.15, 0.2) is 0 Å². The molecule has 0 saturated carbocycles. The minimum Gasteiger partial charge on any atom is -0.366 e. The number of nitrogens with zero attached hydrogens (tertiary/aromatic N) is 2. The van der Waals surface area contributed by atoms with Crippen molar-refractivity contribution in [2.75, 3.05) is 45.8 Å². The number of hydrogen-bond donors (Lipinski definition) is 2. The van der Waals surface area contributed by atoms with Gasteiger partial charge in [0.2, 0.25) is 21.8 Å². The molecule has 0 spiro atoms. The zero-order valence-electron chi connectivity index (χ0n) is 16.3. The van der Waals surface area contributed by atoms with E-state index in [9.17, 15) is 18.0 Å². The summed E-state index contributed by atoms with van der Waals surface area (Å²) in [7, 11) is -3.82. The standard InChI is InChI=1S/C19H28N4O4S/c1-2-21-11-13-22(14-12-21)19(25)15-7-9-23(10-8-15)28(26,27)17-6-4-3-5-16(17)18(20)24/h3-6,15H,2,7-14H2,1H3,(H2,20,24)/p+1. The summed E-state index contributed by atoms with van der Waals surface area (Å²) in [5.74, 6) is -0.761. The van der Waals surface area contributed by atoms with E-state index in [0.29, 0.717) is 12.8 Å². The fraction of sp³-hybridized carbons (Fsp3) is 0.579. The number of piperidine rings is 1. The quantitative estimate of drug-likeness (QED) is 0.646. The van der Waals surface area contributed by atoms with Crippen molar-refractivity contribution >= 4 is 21.8 Å². The molecule has 0 aliphatic carbocycles. The van der Waals surface area contributed by atoms with E-state index in [1.807, 2.05) is 4.90 Å². The third kappa shape index (κ3) is 4.21. The molecule has 0 aromatic heterocycles. The van der Waals surface area contributed by atoms with Crippen molar-refractivity contribution in [3.05, 3.63) is 29.8 Å². The second kappa shape index (κ2) is 8.59. The third-order valence-electron chi connectivity index (χ3n) is 5.86. The Morgan fingerprint density at radius 1 is 1.11 bits per heavy atom. The average Bonchev–Trinajstić information content (AvgIpc) is 2.73. The Hall–Kier alpha value is -1.97. The fourth-order valence-corrected chi connectivity index (χ4v) is 5.70. The lowest BCUT2D eigenvalue weighted by Gasteiger charge is -2.36. The van der Waals surface area contributed by atoms with E-state index in [4.69, 9.17) is 5.73 Å². The highest BCUT2D eigenvalue weighted by Crippen LogP contribution is 2.26. The largest absolute Gasteiger partial charge is 0.366 e. The van der Waals surface area contributed by atoms with E-state index >= 15 is 0 Å². The number of carbonyl (C=O) groups excluding carboxylic acids is 2. The number of carbonyl (C=O) groups is 2. The SMILES string of the molecule is CC[NH+]1CCN(C(=O)C2CCN(S(=O)(=O)c3ccccc3C(N)=O)CC2)CC1. The molecular weight excluding hydrogens is 380 g/mol. The van der Waals surface area contributed by atoms with Crippen LogP contribution < -0.4 is 10.6 Å². The van der Waals surface area contributed by atoms with Gasteiger partial charge in [-0.3, -0.25) is 9.59 Å². The maximum atomic E-state index is 13.0. The summed E-state index contributed by atoms with van der Waals surface area (Å²) in [5.41, 5.74) is 5.33. The van der Waals surface area contributed by atoms with Gasteiger partial charge in [0.1, 0.15) is 0 Å². The van der Waals surface area contributed by atoms with Crippen LogP contribution in [0.1, 0.15) is 30.1 Å². The maximum Gasteiger partial charge on any atom is 0.250 e. The number of sulfonamides is 1. The Labute approximate surface area is 166 Å². The van der Waals surface area contributed by atoms with Gasteiger partial charge < -0.3 is 15.5 Å². The summed E-state index contributed by atoms with van der Waals surface area (Å²) in [6.45, 7) is 7.25. The van der Waals surface area contributed by atoms with Crippen LogP contribution in [0.3, 0.4) is 0 Å². The second-order valence-corrected chi connectivity index (χ2v) is 9.37.